The van der Waals surface area contributed by atoms with Gasteiger partial charge in [-0.1, -0.05) is 24.3 Å². The average Bonchev–Trinajstić information content (AvgIpc) is 2.71. The minimum absolute atomic E-state index is 0.204. The lowest BCUT2D eigenvalue weighted by atomic mass is 9.98. The molecular formula is C25H25NO4. The maximum atomic E-state index is 13.1. The summed E-state index contributed by atoms with van der Waals surface area (Å²) in [7, 11) is 0. The SMILES string of the molecule is CCOc1cccc(-c2ccc(C)c(C(=O)Nc3c(C)cc(C(=O)O)cc3C)c2)c1. The molecule has 0 aromatic heterocycles. The third-order valence-electron chi connectivity index (χ3n) is 4.98. The van der Waals surface area contributed by atoms with E-state index in [4.69, 9.17) is 4.74 Å². The van der Waals surface area contributed by atoms with E-state index in [9.17, 15) is 14.7 Å². The van der Waals surface area contributed by atoms with Crippen molar-refractivity contribution in [3.8, 4) is 16.9 Å². The molecule has 0 fully saturated rings. The van der Waals surface area contributed by atoms with Crippen LogP contribution in [0.15, 0.2) is 54.6 Å². The van der Waals surface area contributed by atoms with Gasteiger partial charge in [-0.25, -0.2) is 4.79 Å². The molecule has 3 aromatic carbocycles. The fourth-order valence-electron chi connectivity index (χ4n) is 3.44. The zero-order chi connectivity index (χ0) is 21.8. The van der Waals surface area contributed by atoms with Crippen LogP contribution in [0, 0.1) is 20.8 Å². The highest BCUT2D eigenvalue weighted by atomic mass is 16.5. The molecule has 0 saturated carbocycles. The molecule has 2 N–H and O–H groups in total. The predicted octanol–water partition coefficient (Wildman–Crippen LogP) is 5.63. The molecule has 154 valence electrons. The number of carbonyl (C=O) groups is 2. The van der Waals surface area contributed by atoms with Crippen molar-refractivity contribution in [2.24, 2.45) is 0 Å². The van der Waals surface area contributed by atoms with Crippen molar-refractivity contribution in [1.29, 1.82) is 0 Å². The van der Waals surface area contributed by atoms with E-state index in [1.165, 1.54) is 0 Å². The third-order valence-corrected chi connectivity index (χ3v) is 4.98. The summed E-state index contributed by atoms with van der Waals surface area (Å²) in [5.41, 5.74) is 5.56. The van der Waals surface area contributed by atoms with E-state index in [2.05, 4.69) is 5.32 Å². The molecule has 0 atom stereocenters. The highest BCUT2D eigenvalue weighted by Crippen LogP contribution is 2.28. The number of carboxylic acid groups (broad SMARTS) is 1. The monoisotopic (exact) mass is 403 g/mol. The Balaban J connectivity index is 1.93. The first kappa shape index (κ1) is 21.1. The van der Waals surface area contributed by atoms with Crippen LogP contribution < -0.4 is 10.1 Å². The maximum Gasteiger partial charge on any atom is 0.335 e. The Kier molecular flexibility index (Phi) is 6.21. The molecule has 0 saturated heterocycles. The van der Waals surface area contributed by atoms with Crippen molar-refractivity contribution < 1.29 is 19.4 Å². The summed E-state index contributed by atoms with van der Waals surface area (Å²) in [6.45, 7) is 8.00. The Morgan fingerprint density at radius 2 is 1.57 bits per heavy atom. The maximum absolute atomic E-state index is 13.1. The van der Waals surface area contributed by atoms with Gasteiger partial charge in [-0.15, -0.1) is 0 Å². The van der Waals surface area contributed by atoms with Crippen molar-refractivity contribution >= 4 is 17.6 Å². The molecule has 3 aromatic rings. The lowest BCUT2D eigenvalue weighted by Gasteiger charge is -2.15. The van der Waals surface area contributed by atoms with Crippen molar-refractivity contribution in [2.45, 2.75) is 27.7 Å². The van der Waals surface area contributed by atoms with E-state index < -0.39 is 5.97 Å². The Labute approximate surface area is 176 Å². The number of aromatic carboxylic acids is 1. The van der Waals surface area contributed by atoms with Crippen molar-refractivity contribution in [3.05, 3.63) is 82.4 Å². The molecule has 0 aliphatic heterocycles. The van der Waals surface area contributed by atoms with Gasteiger partial charge < -0.3 is 15.2 Å². The summed E-state index contributed by atoms with van der Waals surface area (Å²) < 4.78 is 5.58. The van der Waals surface area contributed by atoms with Gasteiger partial charge >= 0.3 is 5.97 Å². The van der Waals surface area contributed by atoms with E-state index in [1.807, 2.05) is 56.3 Å². The molecule has 0 unspecified atom stereocenters. The molecule has 5 heteroatoms. The summed E-state index contributed by atoms with van der Waals surface area (Å²) in [5.74, 6) is -0.437. The second-order valence-corrected chi connectivity index (χ2v) is 7.23. The number of ether oxygens (including phenoxy) is 1. The van der Waals surface area contributed by atoms with Crippen LogP contribution in [-0.4, -0.2) is 23.6 Å². The average molecular weight is 403 g/mol. The largest absolute Gasteiger partial charge is 0.494 e. The Bertz CT molecular complexity index is 1090. The fourth-order valence-corrected chi connectivity index (χ4v) is 3.44. The number of benzene rings is 3. The molecule has 3 rings (SSSR count). The van der Waals surface area contributed by atoms with Crippen LogP contribution in [0.25, 0.3) is 11.1 Å². The van der Waals surface area contributed by atoms with Crippen molar-refractivity contribution in [3.63, 3.8) is 0 Å². The van der Waals surface area contributed by atoms with E-state index in [0.717, 1.165) is 22.4 Å². The van der Waals surface area contributed by atoms with Crippen LogP contribution in [0.2, 0.25) is 0 Å². The van der Waals surface area contributed by atoms with Gasteiger partial charge in [0, 0.05) is 11.3 Å². The molecular weight excluding hydrogens is 378 g/mol. The predicted molar refractivity (Wildman–Crippen MR) is 119 cm³/mol. The van der Waals surface area contributed by atoms with Gasteiger partial charge in [0.15, 0.2) is 0 Å². The van der Waals surface area contributed by atoms with Gasteiger partial charge in [-0.2, -0.15) is 0 Å². The molecule has 1 amide bonds. The summed E-state index contributed by atoms with van der Waals surface area (Å²) in [6, 6.07) is 16.7. The van der Waals surface area contributed by atoms with Crippen molar-refractivity contribution in [1.82, 2.24) is 0 Å². The number of anilines is 1. The second-order valence-electron chi connectivity index (χ2n) is 7.23. The Morgan fingerprint density at radius 3 is 2.20 bits per heavy atom. The highest BCUT2D eigenvalue weighted by Gasteiger charge is 2.15. The standard InChI is InChI=1S/C25H25NO4/c1-5-30-21-8-6-7-18(13-21)19-10-9-15(2)22(14-19)24(27)26-23-16(3)11-20(25(28)29)12-17(23)4/h6-14H,5H2,1-4H3,(H,26,27)(H,28,29). The Morgan fingerprint density at radius 1 is 0.900 bits per heavy atom. The molecule has 0 radical (unpaired) electrons. The topological polar surface area (TPSA) is 75.6 Å². The number of carbonyl (C=O) groups excluding carboxylic acids is 1. The number of carboxylic acids is 1. The number of hydrogen-bond donors (Lipinski definition) is 2. The number of amides is 1. The molecule has 30 heavy (non-hydrogen) atoms. The first-order valence-electron chi connectivity index (χ1n) is 9.80. The van der Waals surface area contributed by atoms with E-state index in [1.54, 1.807) is 26.0 Å². The van der Waals surface area contributed by atoms with Crippen LogP contribution >= 0.6 is 0 Å². The lowest BCUT2D eigenvalue weighted by molar-refractivity contribution is 0.0696. The number of aryl methyl sites for hydroxylation is 3. The fraction of sp³-hybridized carbons (Fsp3) is 0.200. The highest BCUT2D eigenvalue weighted by molar-refractivity contribution is 6.07. The third kappa shape index (κ3) is 4.51. The minimum Gasteiger partial charge on any atom is -0.494 e. The van der Waals surface area contributed by atoms with Crippen LogP contribution in [0.5, 0.6) is 5.75 Å². The van der Waals surface area contributed by atoms with Gasteiger partial charge in [-0.3, -0.25) is 4.79 Å². The summed E-state index contributed by atoms with van der Waals surface area (Å²) in [6.07, 6.45) is 0. The van der Waals surface area contributed by atoms with E-state index in [-0.39, 0.29) is 11.5 Å². The van der Waals surface area contributed by atoms with Crippen molar-refractivity contribution in [2.75, 3.05) is 11.9 Å². The second kappa shape index (κ2) is 8.82. The van der Waals surface area contributed by atoms with Gasteiger partial charge in [0.2, 0.25) is 0 Å². The number of hydrogen-bond acceptors (Lipinski definition) is 3. The van der Waals surface area contributed by atoms with Gasteiger partial charge in [0.05, 0.1) is 12.2 Å². The lowest BCUT2D eigenvalue weighted by Crippen LogP contribution is -2.16. The van der Waals surface area contributed by atoms with Crippen LogP contribution in [0.3, 0.4) is 0 Å². The first-order valence-corrected chi connectivity index (χ1v) is 9.80. The van der Waals surface area contributed by atoms with E-state index >= 15 is 0 Å². The number of rotatable bonds is 6. The molecule has 0 heterocycles. The van der Waals surface area contributed by atoms with Crippen LogP contribution in [0.1, 0.15) is 44.3 Å². The zero-order valence-corrected chi connectivity index (χ0v) is 17.6. The summed E-state index contributed by atoms with van der Waals surface area (Å²) >= 11 is 0. The van der Waals surface area contributed by atoms with E-state index in [0.29, 0.717) is 29.0 Å². The zero-order valence-electron chi connectivity index (χ0n) is 17.6. The summed E-state index contributed by atoms with van der Waals surface area (Å²) in [4.78, 5) is 24.3. The Hall–Kier alpha value is -3.60. The quantitative estimate of drug-likeness (QED) is 0.559. The van der Waals surface area contributed by atoms with Gasteiger partial charge in [0.25, 0.3) is 5.91 Å². The van der Waals surface area contributed by atoms with Gasteiger partial charge in [0.1, 0.15) is 5.75 Å². The molecule has 0 spiro atoms. The number of nitrogens with one attached hydrogen (secondary N) is 1. The smallest absolute Gasteiger partial charge is 0.335 e. The van der Waals surface area contributed by atoms with Crippen LogP contribution in [0.4, 0.5) is 5.69 Å². The van der Waals surface area contributed by atoms with Gasteiger partial charge in [-0.05, 0) is 85.8 Å². The minimum atomic E-state index is -0.989. The normalized spacial score (nSPS) is 10.5. The van der Waals surface area contributed by atoms with Crippen LogP contribution in [-0.2, 0) is 0 Å². The molecule has 0 aliphatic rings. The molecule has 5 nitrogen and oxygen atoms in total. The summed E-state index contributed by atoms with van der Waals surface area (Å²) in [5, 5.41) is 12.2. The molecule has 0 aliphatic carbocycles. The first-order chi connectivity index (χ1) is 14.3. The molecule has 0 bridgehead atoms.